The van der Waals surface area contributed by atoms with Gasteiger partial charge in [-0.3, -0.25) is 9.69 Å². The second-order valence-electron chi connectivity index (χ2n) is 5.29. The molecule has 0 unspecified atom stereocenters. The zero-order valence-corrected chi connectivity index (χ0v) is 13.5. The molecule has 0 bridgehead atoms. The van der Waals surface area contributed by atoms with Gasteiger partial charge in [0.1, 0.15) is 5.75 Å². The monoisotopic (exact) mass is 324 g/mol. The van der Waals surface area contributed by atoms with Gasteiger partial charge in [-0.2, -0.15) is 0 Å². The van der Waals surface area contributed by atoms with Crippen LogP contribution in [-0.4, -0.2) is 18.0 Å². The number of thioether (sulfide) groups is 1. The smallest absolute Gasteiger partial charge is 0.267 e. The maximum Gasteiger partial charge on any atom is 0.267 e. The second kappa shape index (κ2) is 5.66. The fraction of sp³-hybridized carbons (Fsp3) is 0.167. The molecule has 0 radical (unpaired) electrons. The van der Waals surface area contributed by atoms with Crippen LogP contribution in [0.15, 0.2) is 53.4 Å². The van der Waals surface area contributed by atoms with E-state index in [9.17, 15) is 4.79 Å². The van der Waals surface area contributed by atoms with Crippen LogP contribution in [0.4, 0.5) is 11.4 Å². The first-order chi connectivity index (χ1) is 11.3. The molecule has 2 aromatic rings. The van der Waals surface area contributed by atoms with Crippen LogP contribution in [0.2, 0.25) is 0 Å². The number of ether oxygens (including phenoxy) is 1. The molecule has 2 aliphatic rings. The molecule has 0 spiro atoms. The molecule has 1 saturated heterocycles. The Hall–Kier alpha value is -2.40. The molecule has 1 fully saturated rings. The first kappa shape index (κ1) is 14.2. The highest BCUT2D eigenvalue weighted by molar-refractivity contribution is 8.05. The summed E-state index contributed by atoms with van der Waals surface area (Å²) in [5, 5.41) is 3.38. The van der Waals surface area contributed by atoms with Crippen LogP contribution in [0.3, 0.4) is 0 Å². The minimum atomic E-state index is -0.0644. The Kier molecular flexibility index (Phi) is 3.50. The Labute approximate surface area is 139 Å². The van der Waals surface area contributed by atoms with Gasteiger partial charge in [0.15, 0.2) is 5.50 Å². The normalized spacial score (nSPS) is 20.4. The van der Waals surface area contributed by atoms with E-state index in [0.717, 1.165) is 27.6 Å². The van der Waals surface area contributed by atoms with Gasteiger partial charge in [0, 0.05) is 5.56 Å². The van der Waals surface area contributed by atoms with Gasteiger partial charge in [-0.1, -0.05) is 42.1 Å². The van der Waals surface area contributed by atoms with Crippen molar-refractivity contribution in [3.05, 3.63) is 59.0 Å². The van der Waals surface area contributed by atoms with Crippen LogP contribution in [0.1, 0.15) is 12.5 Å². The highest BCUT2D eigenvalue weighted by Crippen LogP contribution is 2.47. The van der Waals surface area contributed by atoms with Crippen LogP contribution in [0.5, 0.6) is 5.75 Å². The van der Waals surface area contributed by atoms with E-state index in [1.165, 1.54) is 11.8 Å². The van der Waals surface area contributed by atoms with Crippen molar-refractivity contribution in [3.63, 3.8) is 0 Å². The van der Waals surface area contributed by atoms with Crippen LogP contribution >= 0.6 is 11.8 Å². The first-order valence-corrected chi connectivity index (χ1v) is 8.45. The van der Waals surface area contributed by atoms with Crippen molar-refractivity contribution >= 4 is 35.1 Å². The number of anilines is 2. The van der Waals surface area contributed by atoms with E-state index in [1.807, 2.05) is 66.4 Å². The molecular weight excluding hydrogens is 308 g/mol. The molecule has 1 amide bonds. The Morgan fingerprint density at radius 3 is 2.87 bits per heavy atom. The lowest BCUT2D eigenvalue weighted by atomic mass is 10.2. The lowest BCUT2D eigenvalue weighted by Gasteiger charge is -2.12. The number of para-hydroxylation sites is 3. The van der Waals surface area contributed by atoms with Crippen LogP contribution in [0.25, 0.3) is 6.08 Å². The molecule has 0 aromatic heterocycles. The summed E-state index contributed by atoms with van der Waals surface area (Å²) < 4.78 is 5.64. The van der Waals surface area contributed by atoms with Gasteiger partial charge in [-0.05, 0) is 31.2 Å². The molecule has 5 heteroatoms. The van der Waals surface area contributed by atoms with Crippen molar-refractivity contribution in [2.75, 3.05) is 16.8 Å². The topological polar surface area (TPSA) is 41.6 Å². The van der Waals surface area contributed by atoms with Crippen LogP contribution in [0, 0.1) is 0 Å². The zero-order chi connectivity index (χ0) is 15.8. The number of fused-ring (bicyclic) bond motifs is 3. The van der Waals surface area contributed by atoms with E-state index >= 15 is 0 Å². The molecule has 2 heterocycles. The number of hydrogen-bond acceptors (Lipinski definition) is 4. The Morgan fingerprint density at radius 1 is 1.22 bits per heavy atom. The molecule has 2 aromatic carbocycles. The summed E-state index contributed by atoms with van der Waals surface area (Å²) in [6.07, 6.45) is 1.92. The number of hydrogen-bond donors (Lipinski definition) is 1. The summed E-state index contributed by atoms with van der Waals surface area (Å²) >= 11 is 1.54. The summed E-state index contributed by atoms with van der Waals surface area (Å²) in [6.45, 7) is 2.56. The van der Waals surface area contributed by atoms with Crippen molar-refractivity contribution in [1.82, 2.24) is 0 Å². The Morgan fingerprint density at radius 2 is 2.00 bits per heavy atom. The van der Waals surface area contributed by atoms with E-state index in [-0.39, 0.29) is 11.4 Å². The molecule has 2 aliphatic heterocycles. The summed E-state index contributed by atoms with van der Waals surface area (Å²) in [5.74, 6) is 0.833. The highest BCUT2D eigenvalue weighted by Gasteiger charge is 2.42. The predicted octanol–water partition coefficient (Wildman–Crippen LogP) is 3.92. The van der Waals surface area contributed by atoms with Crippen molar-refractivity contribution in [2.45, 2.75) is 12.4 Å². The fourth-order valence-electron chi connectivity index (χ4n) is 2.84. The van der Waals surface area contributed by atoms with Gasteiger partial charge in [0.25, 0.3) is 5.91 Å². The number of rotatable bonds is 3. The summed E-state index contributed by atoms with van der Waals surface area (Å²) in [7, 11) is 0. The molecule has 0 aliphatic carbocycles. The van der Waals surface area contributed by atoms with Crippen molar-refractivity contribution < 1.29 is 9.53 Å². The maximum absolute atomic E-state index is 12.8. The summed E-state index contributed by atoms with van der Waals surface area (Å²) in [4.78, 5) is 15.3. The number of amides is 1. The average molecular weight is 324 g/mol. The van der Waals surface area contributed by atoms with Crippen molar-refractivity contribution in [1.29, 1.82) is 0 Å². The number of carbonyl (C=O) groups is 1. The SMILES string of the molecule is CCOc1ccccc1/C=C1\S[C@@H]2Nc3ccccc3N2C1=O. The van der Waals surface area contributed by atoms with E-state index in [1.54, 1.807) is 0 Å². The van der Waals surface area contributed by atoms with E-state index < -0.39 is 0 Å². The van der Waals surface area contributed by atoms with Gasteiger partial charge in [-0.25, -0.2) is 0 Å². The van der Waals surface area contributed by atoms with Gasteiger partial charge >= 0.3 is 0 Å². The number of nitrogens with one attached hydrogen (secondary N) is 1. The van der Waals surface area contributed by atoms with Crippen LogP contribution in [-0.2, 0) is 4.79 Å². The van der Waals surface area contributed by atoms with E-state index in [4.69, 9.17) is 4.74 Å². The average Bonchev–Trinajstić information content (AvgIpc) is 3.07. The standard InChI is InChI=1S/C18H16N2O2S/c1-2-22-15-10-6-3-7-12(15)11-16-17(21)20-14-9-5-4-8-13(14)19-18(20)23-16/h3-11,18-19H,2H2,1H3/b16-11-/t18-/m1/s1. The third kappa shape index (κ3) is 2.37. The van der Waals surface area contributed by atoms with Crippen LogP contribution < -0.4 is 15.0 Å². The van der Waals surface area contributed by atoms with Gasteiger partial charge in [0.05, 0.1) is 22.9 Å². The molecule has 4 rings (SSSR count). The minimum Gasteiger partial charge on any atom is -0.493 e. The Bertz CT molecular complexity index is 803. The van der Waals surface area contributed by atoms with Crippen molar-refractivity contribution in [2.24, 2.45) is 0 Å². The quantitative estimate of drug-likeness (QED) is 0.869. The third-order valence-corrected chi connectivity index (χ3v) is 4.95. The molecule has 23 heavy (non-hydrogen) atoms. The molecule has 116 valence electrons. The van der Waals surface area contributed by atoms with Crippen molar-refractivity contribution in [3.8, 4) is 5.75 Å². The van der Waals surface area contributed by atoms with Gasteiger partial charge in [0.2, 0.25) is 0 Å². The largest absolute Gasteiger partial charge is 0.493 e. The van der Waals surface area contributed by atoms with Gasteiger partial charge < -0.3 is 10.1 Å². The van der Waals surface area contributed by atoms with E-state index in [0.29, 0.717) is 6.61 Å². The lowest BCUT2D eigenvalue weighted by molar-refractivity contribution is -0.114. The van der Waals surface area contributed by atoms with E-state index in [2.05, 4.69) is 5.32 Å². The fourth-order valence-corrected chi connectivity index (χ4v) is 3.98. The third-order valence-electron chi connectivity index (χ3n) is 3.85. The molecule has 1 N–H and O–H groups in total. The molecular formula is C18H16N2O2S. The molecule has 4 nitrogen and oxygen atoms in total. The molecule has 0 saturated carbocycles. The maximum atomic E-state index is 12.8. The second-order valence-corrected chi connectivity index (χ2v) is 6.41. The summed E-state index contributed by atoms with van der Waals surface area (Å²) in [5.41, 5.74) is 2.81. The number of carbonyl (C=O) groups excluding carboxylic acids is 1. The first-order valence-electron chi connectivity index (χ1n) is 7.57. The predicted molar refractivity (Wildman–Crippen MR) is 94.5 cm³/mol. The minimum absolute atomic E-state index is 0.0313. The summed E-state index contributed by atoms with van der Waals surface area (Å²) in [6, 6.07) is 15.7. The zero-order valence-electron chi connectivity index (χ0n) is 12.7. The lowest BCUT2D eigenvalue weighted by Crippen LogP contribution is -2.31. The number of nitrogens with zero attached hydrogens (tertiary/aromatic N) is 1. The highest BCUT2D eigenvalue weighted by atomic mass is 32.2. The number of benzene rings is 2. The molecule has 1 atom stereocenters. The Balaban J connectivity index is 1.68. The van der Waals surface area contributed by atoms with Gasteiger partial charge in [-0.15, -0.1) is 0 Å².